The summed E-state index contributed by atoms with van der Waals surface area (Å²) in [5.41, 5.74) is 2.52. The number of para-hydroxylation sites is 1. The Hall–Kier alpha value is -3.35. The Bertz CT molecular complexity index is 1050. The highest BCUT2D eigenvalue weighted by Crippen LogP contribution is 2.21. The Morgan fingerprint density at radius 3 is 2.67 bits per heavy atom. The van der Waals surface area contributed by atoms with Crippen molar-refractivity contribution in [2.45, 2.75) is 33.2 Å². The minimum Gasteiger partial charge on any atom is -0.449 e. The second-order valence-electron chi connectivity index (χ2n) is 7.65. The van der Waals surface area contributed by atoms with Gasteiger partial charge in [0.15, 0.2) is 0 Å². The van der Waals surface area contributed by atoms with Crippen molar-refractivity contribution in [3.05, 3.63) is 65.6 Å². The lowest BCUT2D eigenvalue weighted by Gasteiger charge is -2.19. The molecule has 0 unspecified atom stereocenters. The molecule has 0 aliphatic heterocycles. The minimum atomic E-state index is -0.897. The van der Waals surface area contributed by atoms with Gasteiger partial charge in [0.1, 0.15) is 11.9 Å². The molecule has 0 radical (unpaired) electrons. The van der Waals surface area contributed by atoms with Crippen molar-refractivity contribution >= 4 is 28.6 Å². The lowest BCUT2D eigenvalue weighted by molar-refractivity contribution is -0.118. The van der Waals surface area contributed by atoms with E-state index in [1.54, 1.807) is 13.0 Å². The molecule has 3 rings (SSSR count). The molecule has 1 heterocycles. The summed E-state index contributed by atoms with van der Waals surface area (Å²) in [6.07, 6.45) is 1.40. The molecule has 7 heteroatoms. The highest BCUT2D eigenvalue weighted by molar-refractivity contribution is 5.97. The zero-order valence-electron chi connectivity index (χ0n) is 17.3. The number of aromatic nitrogens is 1. The second kappa shape index (κ2) is 9.43. The second-order valence-corrected chi connectivity index (χ2v) is 7.65. The summed E-state index contributed by atoms with van der Waals surface area (Å²) in [7, 11) is 0. The maximum atomic E-state index is 13.9. The zero-order valence-corrected chi connectivity index (χ0v) is 17.3. The van der Waals surface area contributed by atoms with Gasteiger partial charge in [-0.3, -0.25) is 4.79 Å². The first-order chi connectivity index (χ1) is 14.3. The van der Waals surface area contributed by atoms with E-state index in [-0.39, 0.29) is 18.9 Å². The van der Waals surface area contributed by atoms with Gasteiger partial charge in [0.2, 0.25) is 5.91 Å². The lowest BCUT2D eigenvalue weighted by atomic mass is 10.0. The number of fused-ring (bicyclic) bond motifs is 1. The van der Waals surface area contributed by atoms with Crippen LogP contribution in [0.25, 0.3) is 10.9 Å². The van der Waals surface area contributed by atoms with E-state index in [2.05, 4.69) is 15.6 Å². The highest BCUT2D eigenvalue weighted by atomic mass is 19.1. The van der Waals surface area contributed by atoms with E-state index in [1.165, 1.54) is 12.1 Å². The van der Waals surface area contributed by atoms with E-state index >= 15 is 0 Å². The van der Waals surface area contributed by atoms with E-state index in [4.69, 9.17) is 4.74 Å². The summed E-state index contributed by atoms with van der Waals surface area (Å²) < 4.78 is 19.0. The molecule has 0 saturated heterocycles. The van der Waals surface area contributed by atoms with E-state index in [0.29, 0.717) is 11.3 Å². The average Bonchev–Trinajstić information content (AvgIpc) is 3.12. The Kier molecular flexibility index (Phi) is 6.72. The number of ether oxygens (including phenoxy) is 1. The molecule has 158 valence electrons. The summed E-state index contributed by atoms with van der Waals surface area (Å²) in [5.74, 6) is -0.688. The Labute approximate surface area is 174 Å². The number of rotatable bonds is 7. The molecule has 30 heavy (non-hydrogen) atoms. The summed E-state index contributed by atoms with van der Waals surface area (Å²) in [6, 6.07) is 11.3. The van der Waals surface area contributed by atoms with Crippen molar-refractivity contribution in [2.75, 3.05) is 11.9 Å². The van der Waals surface area contributed by atoms with E-state index in [9.17, 15) is 14.0 Å². The van der Waals surface area contributed by atoms with Crippen LogP contribution in [0.1, 0.15) is 25.0 Å². The summed E-state index contributed by atoms with van der Waals surface area (Å²) >= 11 is 0. The number of aromatic amines is 1. The van der Waals surface area contributed by atoms with Crippen molar-refractivity contribution in [1.29, 1.82) is 0 Å². The normalized spacial score (nSPS) is 12.0. The standard InChI is InChI=1S/C23H26FN3O3/c1-14(2)13-30-23(29)27-21(11-16-12-25-20-9-5-4-7-17(16)20)22(28)26-19-10-6-8-18(24)15(19)3/h4-10,12,14,21,25H,11,13H2,1-3H3,(H,26,28)(H,27,29)/t21-/m1/s1. The molecular formula is C23H26FN3O3. The molecule has 0 bridgehead atoms. The summed E-state index contributed by atoms with van der Waals surface area (Å²) in [6.45, 7) is 5.69. The topological polar surface area (TPSA) is 83.2 Å². The first kappa shape index (κ1) is 21.4. The van der Waals surface area contributed by atoms with E-state index in [0.717, 1.165) is 16.5 Å². The van der Waals surface area contributed by atoms with Gasteiger partial charge in [-0.25, -0.2) is 9.18 Å². The molecule has 2 amide bonds. The first-order valence-electron chi connectivity index (χ1n) is 9.89. The van der Waals surface area contributed by atoms with Crippen LogP contribution in [0.3, 0.4) is 0 Å². The quantitative estimate of drug-likeness (QED) is 0.533. The number of alkyl carbamates (subject to hydrolysis) is 1. The fourth-order valence-corrected chi connectivity index (χ4v) is 3.12. The van der Waals surface area contributed by atoms with Gasteiger partial charge >= 0.3 is 6.09 Å². The van der Waals surface area contributed by atoms with Crippen molar-refractivity contribution in [3.8, 4) is 0 Å². The SMILES string of the molecule is Cc1c(F)cccc1NC(=O)[C@@H](Cc1c[nH]c2ccccc12)NC(=O)OCC(C)C. The molecule has 3 aromatic rings. The predicted octanol–water partition coefficient (Wildman–Crippen LogP) is 4.55. The third kappa shape index (κ3) is 5.17. The molecule has 6 nitrogen and oxygen atoms in total. The molecule has 3 N–H and O–H groups in total. The van der Waals surface area contributed by atoms with Crippen LogP contribution in [0.2, 0.25) is 0 Å². The van der Waals surface area contributed by atoms with Crippen LogP contribution >= 0.6 is 0 Å². The Morgan fingerprint density at radius 1 is 1.13 bits per heavy atom. The van der Waals surface area contributed by atoms with Crippen LogP contribution < -0.4 is 10.6 Å². The van der Waals surface area contributed by atoms with Crippen LogP contribution in [0.15, 0.2) is 48.7 Å². The average molecular weight is 411 g/mol. The molecular weight excluding hydrogens is 385 g/mol. The number of halogens is 1. The van der Waals surface area contributed by atoms with Gasteiger partial charge in [0, 0.05) is 34.8 Å². The third-order valence-electron chi connectivity index (χ3n) is 4.78. The van der Waals surface area contributed by atoms with Crippen LogP contribution in [0.4, 0.5) is 14.9 Å². The number of hydrogen-bond acceptors (Lipinski definition) is 3. The maximum absolute atomic E-state index is 13.9. The van der Waals surface area contributed by atoms with Crippen molar-refractivity contribution in [2.24, 2.45) is 5.92 Å². The predicted molar refractivity (Wildman–Crippen MR) is 115 cm³/mol. The molecule has 1 aromatic heterocycles. The zero-order chi connectivity index (χ0) is 21.7. The molecule has 0 aliphatic rings. The van der Waals surface area contributed by atoms with Crippen LogP contribution in [0.5, 0.6) is 0 Å². The van der Waals surface area contributed by atoms with E-state index < -0.39 is 23.9 Å². The number of amides is 2. The molecule has 2 aromatic carbocycles. The van der Waals surface area contributed by atoms with Gasteiger partial charge in [0.25, 0.3) is 0 Å². The van der Waals surface area contributed by atoms with Gasteiger partial charge in [0.05, 0.1) is 6.61 Å². The molecule has 0 spiro atoms. The molecule has 0 aliphatic carbocycles. The van der Waals surface area contributed by atoms with Gasteiger partial charge in [-0.2, -0.15) is 0 Å². The van der Waals surface area contributed by atoms with E-state index in [1.807, 2.05) is 44.3 Å². The molecule has 1 atom stereocenters. The molecule has 0 saturated carbocycles. The summed E-state index contributed by atoms with van der Waals surface area (Å²) in [4.78, 5) is 28.4. The van der Waals surface area contributed by atoms with Gasteiger partial charge in [-0.15, -0.1) is 0 Å². The van der Waals surface area contributed by atoms with Crippen LogP contribution in [-0.2, 0) is 16.0 Å². The fourth-order valence-electron chi connectivity index (χ4n) is 3.12. The van der Waals surface area contributed by atoms with Crippen LogP contribution in [0, 0.1) is 18.7 Å². The summed E-state index contributed by atoms with van der Waals surface area (Å²) in [5, 5.41) is 6.34. The highest BCUT2D eigenvalue weighted by Gasteiger charge is 2.24. The Morgan fingerprint density at radius 2 is 1.90 bits per heavy atom. The monoisotopic (exact) mass is 411 g/mol. The first-order valence-corrected chi connectivity index (χ1v) is 9.89. The van der Waals surface area contributed by atoms with Crippen molar-refractivity contribution in [1.82, 2.24) is 10.3 Å². The Balaban J connectivity index is 1.81. The number of benzene rings is 2. The molecule has 0 fully saturated rings. The van der Waals surface area contributed by atoms with Gasteiger partial charge < -0.3 is 20.4 Å². The maximum Gasteiger partial charge on any atom is 0.407 e. The largest absolute Gasteiger partial charge is 0.449 e. The number of hydrogen-bond donors (Lipinski definition) is 3. The lowest BCUT2D eigenvalue weighted by Crippen LogP contribution is -2.45. The third-order valence-corrected chi connectivity index (χ3v) is 4.78. The number of nitrogens with one attached hydrogen (secondary N) is 3. The van der Waals surface area contributed by atoms with Crippen LogP contribution in [-0.4, -0.2) is 29.6 Å². The van der Waals surface area contributed by atoms with Gasteiger partial charge in [-0.1, -0.05) is 38.1 Å². The van der Waals surface area contributed by atoms with Crippen molar-refractivity contribution < 1.29 is 18.7 Å². The minimum absolute atomic E-state index is 0.173. The number of carbonyl (C=O) groups is 2. The fraction of sp³-hybridized carbons (Fsp3) is 0.304. The number of carbonyl (C=O) groups excluding carboxylic acids is 2. The van der Waals surface area contributed by atoms with Gasteiger partial charge in [-0.05, 0) is 36.6 Å². The number of H-pyrrole nitrogens is 1. The smallest absolute Gasteiger partial charge is 0.407 e. The van der Waals surface area contributed by atoms with Crippen molar-refractivity contribution in [3.63, 3.8) is 0 Å². The number of anilines is 1.